The van der Waals surface area contributed by atoms with Gasteiger partial charge >= 0.3 is 0 Å². The second-order valence-electron chi connectivity index (χ2n) is 9.11. The predicted molar refractivity (Wildman–Crippen MR) is 158 cm³/mol. The number of sulfonamides is 1. The van der Waals surface area contributed by atoms with Gasteiger partial charge in [-0.2, -0.15) is 0 Å². The van der Waals surface area contributed by atoms with Crippen LogP contribution in [0.2, 0.25) is 10.0 Å². The first-order chi connectivity index (χ1) is 19.1. The lowest BCUT2D eigenvalue weighted by atomic mass is 10.1. The number of ether oxygens (including phenoxy) is 1. The predicted octanol–water partition coefficient (Wildman–Crippen LogP) is 5.53. The molecule has 0 bridgehead atoms. The van der Waals surface area contributed by atoms with Crippen LogP contribution in [0.4, 0.5) is 5.69 Å². The van der Waals surface area contributed by atoms with Crippen molar-refractivity contribution in [3.8, 4) is 5.75 Å². The van der Waals surface area contributed by atoms with E-state index in [1.165, 1.54) is 42.3 Å². The lowest BCUT2D eigenvalue weighted by Gasteiger charge is -2.32. The van der Waals surface area contributed by atoms with Gasteiger partial charge in [-0.05, 0) is 61.4 Å². The number of halogens is 2. The number of carbonyl (C=O) groups excluding carboxylic acids is 2. The minimum atomic E-state index is -4.23. The minimum Gasteiger partial charge on any atom is -0.497 e. The zero-order chi connectivity index (χ0) is 29.3. The second-order valence-corrected chi connectivity index (χ2v) is 11.8. The van der Waals surface area contributed by atoms with E-state index in [9.17, 15) is 18.0 Å². The zero-order valence-electron chi connectivity index (χ0n) is 22.6. The standard InChI is InChI=1S/C29H33Cl2N3O5S/c1-4-5-16-32-29(36)21(2)33(19-22-10-9-11-24(17-22)39-3)28(35)20-34(27-15-14-23(30)18-26(27)31)40(37,38)25-12-7-6-8-13-25/h6-15,17-18,21H,4-5,16,19-20H2,1-3H3,(H,32,36)/t21-/m1/s1. The molecule has 0 aromatic heterocycles. The Morgan fingerprint density at radius 3 is 2.38 bits per heavy atom. The van der Waals surface area contributed by atoms with E-state index in [-0.39, 0.29) is 28.1 Å². The highest BCUT2D eigenvalue weighted by molar-refractivity contribution is 7.92. The lowest BCUT2D eigenvalue weighted by Crippen LogP contribution is -2.51. The zero-order valence-corrected chi connectivity index (χ0v) is 25.0. The van der Waals surface area contributed by atoms with Gasteiger partial charge in [-0.25, -0.2) is 8.42 Å². The molecule has 0 saturated heterocycles. The van der Waals surface area contributed by atoms with Crippen LogP contribution >= 0.6 is 23.2 Å². The Morgan fingerprint density at radius 2 is 1.73 bits per heavy atom. The van der Waals surface area contributed by atoms with E-state index < -0.39 is 28.5 Å². The van der Waals surface area contributed by atoms with Crippen LogP contribution in [-0.2, 0) is 26.2 Å². The van der Waals surface area contributed by atoms with Crippen LogP contribution in [0.15, 0.2) is 77.7 Å². The van der Waals surface area contributed by atoms with E-state index in [4.69, 9.17) is 27.9 Å². The molecule has 214 valence electrons. The maximum atomic E-state index is 14.0. The van der Waals surface area contributed by atoms with Crippen molar-refractivity contribution in [2.24, 2.45) is 0 Å². The van der Waals surface area contributed by atoms with E-state index in [0.29, 0.717) is 22.9 Å². The molecule has 0 fully saturated rings. The van der Waals surface area contributed by atoms with Gasteiger partial charge in [-0.3, -0.25) is 13.9 Å². The summed E-state index contributed by atoms with van der Waals surface area (Å²) in [7, 11) is -2.69. The van der Waals surface area contributed by atoms with Gasteiger partial charge in [0.15, 0.2) is 0 Å². The Bertz CT molecular complexity index is 1420. The van der Waals surface area contributed by atoms with E-state index in [1.54, 1.807) is 49.4 Å². The molecule has 1 N–H and O–H groups in total. The average Bonchev–Trinajstić information content (AvgIpc) is 2.95. The third-order valence-electron chi connectivity index (χ3n) is 6.27. The molecule has 0 unspecified atom stereocenters. The number of hydrogen-bond donors (Lipinski definition) is 1. The Balaban J connectivity index is 2.03. The van der Waals surface area contributed by atoms with Crippen molar-refractivity contribution in [1.29, 1.82) is 0 Å². The highest BCUT2D eigenvalue weighted by atomic mass is 35.5. The summed E-state index contributed by atoms with van der Waals surface area (Å²) in [5.41, 5.74) is 0.799. The van der Waals surface area contributed by atoms with Crippen molar-refractivity contribution in [1.82, 2.24) is 10.2 Å². The highest BCUT2D eigenvalue weighted by Gasteiger charge is 2.33. The van der Waals surface area contributed by atoms with Crippen molar-refractivity contribution in [3.63, 3.8) is 0 Å². The summed E-state index contributed by atoms with van der Waals surface area (Å²) in [5.74, 6) is -0.343. The summed E-state index contributed by atoms with van der Waals surface area (Å²) in [6.07, 6.45) is 1.69. The topological polar surface area (TPSA) is 96.0 Å². The Hall–Kier alpha value is -3.27. The van der Waals surface area contributed by atoms with Crippen molar-refractivity contribution in [2.75, 3.05) is 24.5 Å². The van der Waals surface area contributed by atoms with Gasteiger partial charge < -0.3 is 15.0 Å². The molecular formula is C29H33Cl2N3O5S. The van der Waals surface area contributed by atoms with Crippen LogP contribution in [0.25, 0.3) is 0 Å². The smallest absolute Gasteiger partial charge is 0.264 e. The number of nitrogens with one attached hydrogen (secondary N) is 1. The van der Waals surface area contributed by atoms with E-state index in [1.807, 2.05) is 6.92 Å². The van der Waals surface area contributed by atoms with Crippen molar-refractivity contribution >= 4 is 50.7 Å². The quantitative estimate of drug-likeness (QED) is 0.258. The van der Waals surface area contributed by atoms with Crippen LogP contribution in [0, 0.1) is 0 Å². The first-order valence-electron chi connectivity index (χ1n) is 12.8. The first-order valence-corrected chi connectivity index (χ1v) is 15.0. The fourth-order valence-corrected chi connectivity index (χ4v) is 6.02. The van der Waals surface area contributed by atoms with E-state index in [0.717, 1.165) is 17.1 Å². The number of carbonyl (C=O) groups is 2. The summed E-state index contributed by atoms with van der Waals surface area (Å²) in [6.45, 7) is 3.54. The van der Waals surface area contributed by atoms with Gasteiger partial charge in [-0.15, -0.1) is 0 Å². The Kier molecular flexibility index (Phi) is 11.2. The van der Waals surface area contributed by atoms with Crippen LogP contribution in [0.1, 0.15) is 32.3 Å². The van der Waals surface area contributed by atoms with Crippen LogP contribution in [0.3, 0.4) is 0 Å². The fourth-order valence-electron chi connectivity index (χ4n) is 4.00. The summed E-state index contributed by atoms with van der Waals surface area (Å²) >= 11 is 12.5. The molecule has 40 heavy (non-hydrogen) atoms. The summed E-state index contributed by atoms with van der Waals surface area (Å²) < 4.78 is 33.9. The molecule has 0 aliphatic heterocycles. The number of rotatable bonds is 13. The van der Waals surface area contributed by atoms with Gasteiger partial charge in [0, 0.05) is 18.1 Å². The molecule has 3 aromatic rings. The molecule has 3 aromatic carbocycles. The summed E-state index contributed by atoms with van der Waals surface area (Å²) in [4.78, 5) is 28.3. The summed E-state index contributed by atoms with van der Waals surface area (Å²) in [5, 5.41) is 3.23. The van der Waals surface area contributed by atoms with Crippen LogP contribution in [0.5, 0.6) is 5.75 Å². The largest absolute Gasteiger partial charge is 0.497 e. The molecule has 0 aliphatic carbocycles. The SMILES string of the molecule is CCCCNC(=O)[C@@H](C)N(Cc1cccc(OC)c1)C(=O)CN(c1ccc(Cl)cc1Cl)S(=O)(=O)c1ccccc1. The number of amides is 2. The van der Waals surface area contributed by atoms with Crippen molar-refractivity contribution in [3.05, 3.63) is 88.4 Å². The average molecular weight is 607 g/mol. The Morgan fingerprint density at radius 1 is 1.00 bits per heavy atom. The van der Waals surface area contributed by atoms with Crippen LogP contribution < -0.4 is 14.4 Å². The second kappa shape index (κ2) is 14.4. The molecule has 0 spiro atoms. The molecule has 3 rings (SSSR count). The molecule has 0 saturated carbocycles. The highest BCUT2D eigenvalue weighted by Crippen LogP contribution is 2.33. The number of nitrogens with zero attached hydrogens (tertiary/aromatic N) is 2. The van der Waals surface area contributed by atoms with Crippen molar-refractivity contribution < 1.29 is 22.7 Å². The maximum absolute atomic E-state index is 14.0. The van der Waals surface area contributed by atoms with E-state index >= 15 is 0 Å². The molecule has 0 aliphatic rings. The monoisotopic (exact) mass is 605 g/mol. The lowest BCUT2D eigenvalue weighted by molar-refractivity contribution is -0.139. The molecule has 2 amide bonds. The number of methoxy groups -OCH3 is 1. The Labute approximate surface area is 245 Å². The number of hydrogen-bond acceptors (Lipinski definition) is 5. The van der Waals surface area contributed by atoms with Gasteiger partial charge in [0.25, 0.3) is 10.0 Å². The van der Waals surface area contributed by atoms with Gasteiger partial charge in [-0.1, -0.05) is 66.9 Å². The number of unbranched alkanes of at least 4 members (excludes halogenated alkanes) is 1. The van der Waals surface area contributed by atoms with Crippen LogP contribution in [-0.4, -0.2) is 51.4 Å². The summed E-state index contributed by atoms with van der Waals surface area (Å²) in [6, 6.07) is 18.3. The third-order valence-corrected chi connectivity index (χ3v) is 8.58. The molecule has 8 nitrogen and oxygen atoms in total. The molecule has 1 atom stereocenters. The first kappa shape index (κ1) is 31.3. The van der Waals surface area contributed by atoms with Gasteiger partial charge in [0.05, 0.1) is 22.7 Å². The van der Waals surface area contributed by atoms with Crippen molar-refractivity contribution in [2.45, 2.75) is 44.2 Å². The third kappa shape index (κ3) is 7.90. The molecule has 11 heteroatoms. The van der Waals surface area contributed by atoms with Gasteiger partial charge in [0.2, 0.25) is 11.8 Å². The fraction of sp³-hybridized carbons (Fsp3) is 0.310. The van der Waals surface area contributed by atoms with E-state index in [2.05, 4.69) is 5.32 Å². The molecular weight excluding hydrogens is 573 g/mol. The molecule has 0 heterocycles. The minimum absolute atomic E-state index is 0.0153. The molecule has 0 radical (unpaired) electrons. The maximum Gasteiger partial charge on any atom is 0.264 e. The number of anilines is 1. The normalized spacial score (nSPS) is 11.9. The number of benzene rings is 3. The van der Waals surface area contributed by atoms with Gasteiger partial charge in [0.1, 0.15) is 18.3 Å².